The van der Waals surface area contributed by atoms with Gasteiger partial charge in [-0.25, -0.2) is 0 Å². The third-order valence-corrected chi connectivity index (χ3v) is 5.46. The molecular weight excluding hydrogens is 351 g/mol. The Morgan fingerprint density at radius 2 is 2.16 bits per heavy atom. The highest BCUT2D eigenvalue weighted by molar-refractivity contribution is 8.00. The van der Waals surface area contributed by atoms with Crippen LogP contribution in [0.3, 0.4) is 0 Å². The lowest BCUT2D eigenvalue weighted by atomic mass is 9.92. The molecule has 1 aromatic carbocycles. The van der Waals surface area contributed by atoms with Crippen molar-refractivity contribution in [2.45, 2.75) is 48.6 Å². The molecule has 0 spiro atoms. The van der Waals surface area contributed by atoms with E-state index >= 15 is 0 Å². The highest BCUT2D eigenvalue weighted by atomic mass is 32.2. The molecule has 25 heavy (non-hydrogen) atoms. The fraction of sp³-hybridized carbons (Fsp3) is 0.444. The van der Waals surface area contributed by atoms with E-state index in [1.807, 2.05) is 6.92 Å². The summed E-state index contributed by atoms with van der Waals surface area (Å²) in [5.41, 5.74) is -0.00760. The number of alkyl halides is 3. The van der Waals surface area contributed by atoms with Gasteiger partial charge in [-0.1, -0.05) is 6.07 Å². The van der Waals surface area contributed by atoms with Gasteiger partial charge in [0.15, 0.2) is 6.29 Å². The molecule has 1 aromatic rings. The summed E-state index contributed by atoms with van der Waals surface area (Å²) in [7, 11) is 0. The minimum atomic E-state index is -4.36. The van der Waals surface area contributed by atoms with Crippen LogP contribution < -0.4 is 0 Å². The van der Waals surface area contributed by atoms with E-state index in [-0.39, 0.29) is 16.6 Å². The lowest BCUT2D eigenvalue weighted by Crippen LogP contribution is -2.36. The maximum atomic E-state index is 12.9. The standard InChI is InChI=1S/C18H20F3NO2S/c1-12(8-14(22)11-23)16-10-17(2,6-7-24-16)25-15-5-3-4-13(9-15)18(19,20)21/h3-5,8-9,11,16,22H,6-7,10H2,1-2H3/b12-8+,22-14?. The summed E-state index contributed by atoms with van der Waals surface area (Å²) < 4.78 is 44.1. The molecule has 1 fully saturated rings. The van der Waals surface area contributed by atoms with Crippen LogP contribution in [0.4, 0.5) is 13.2 Å². The van der Waals surface area contributed by atoms with Crippen molar-refractivity contribution in [2.75, 3.05) is 6.61 Å². The number of carbonyl (C=O) groups is 1. The van der Waals surface area contributed by atoms with Crippen LogP contribution in [0.1, 0.15) is 32.3 Å². The van der Waals surface area contributed by atoms with Crippen molar-refractivity contribution in [3.63, 3.8) is 0 Å². The third-order valence-electron chi connectivity index (χ3n) is 4.11. The number of hydrogen-bond acceptors (Lipinski definition) is 4. The van der Waals surface area contributed by atoms with Crippen LogP contribution in [0.25, 0.3) is 0 Å². The predicted octanol–water partition coefficient (Wildman–Crippen LogP) is 4.90. The van der Waals surface area contributed by atoms with Crippen molar-refractivity contribution in [3.8, 4) is 0 Å². The van der Waals surface area contributed by atoms with Gasteiger partial charge in [-0.3, -0.25) is 10.2 Å². The number of aldehydes is 1. The minimum absolute atomic E-state index is 0.126. The minimum Gasteiger partial charge on any atom is -0.374 e. The molecule has 3 nitrogen and oxygen atoms in total. The molecule has 2 rings (SSSR count). The van der Waals surface area contributed by atoms with Crippen LogP contribution in [0.2, 0.25) is 0 Å². The summed E-state index contributed by atoms with van der Waals surface area (Å²) in [6, 6.07) is 5.34. The first-order valence-corrected chi connectivity index (χ1v) is 8.64. The van der Waals surface area contributed by atoms with E-state index in [0.717, 1.165) is 11.6 Å². The van der Waals surface area contributed by atoms with E-state index in [1.54, 1.807) is 13.0 Å². The molecule has 1 N–H and O–H groups in total. The zero-order chi connectivity index (χ0) is 18.7. The molecule has 136 valence electrons. The zero-order valence-electron chi connectivity index (χ0n) is 14.0. The van der Waals surface area contributed by atoms with E-state index in [1.165, 1.54) is 30.0 Å². The van der Waals surface area contributed by atoms with E-state index in [9.17, 15) is 18.0 Å². The van der Waals surface area contributed by atoms with Gasteiger partial charge in [-0.2, -0.15) is 13.2 Å². The van der Waals surface area contributed by atoms with Crippen LogP contribution in [-0.4, -0.2) is 29.5 Å². The number of halogens is 3. The monoisotopic (exact) mass is 371 g/mol. The molecule has 7 heteroatoms. The maximum Gasteiger partial charge on any atom is 0.416 e. The summed E-state index contributed by atoms with van der Waals surface area (Å²) in [5, 5.41) is 7.44. The summed E-state index contributed by atoms with van der Waals surface area (Å²) in [6.45, 7) is 4.28. The number of allylic oxidation sites excluding steroid dienone is 1. The molecule has 0 radical (unpaired) electrons. The lowest BCUT2D eigenvalue weighted by Gasteiger charge is -2.38. The molecule has 1 heterocycles. The summed E-state index contributed by atoms with van der Waals surface area (Å²) in [4.78, 5) is 11.2. The van der Waals surface area contributed by atoms with E-state index in [0.29, 0.717) is 30.6 Å². The number of ether oxygens (including phenoxy) is 1. The molecule has 0 bridgehead atoms. The molecule has 0 aromatic heterocycles. The van der Waals surface area contributed by atoms with Gasteiger partial charge in [0, 0.05) is 16.2 Å². The van der Waals surface area contributed by atoms with E-state index in [2.05, 4.69) is 0 Å². The maximum absolute atomic E-state index is 12.9. The Labute approximate surface area is 149 Å². The van der Waals surface area contributed by atoms with Gasteiger partial charge >= 0.3 is 6.18 Å². The van der Waals surface area contributed by atoms with Gasteiger partial charge in [-0.15, -0.1) is 11.8 Å². The van der Waals surface area contributed by atoms with Gasteiger partial charge in [0.25, 0.3) is 0 Å². The van der Waals surface area contributed by atoms with Crippen molar-refractivity contribution >= 4 is 23.8 Å². The first-order chi connectivity index (χ1) is 11.6. The SMILES string of the molecule is C/C(=C\C(=N)C=O)C1CC(C)(Sc2cccc(C(F)(F)F)c2)CCO1. The van der Waals surface area contributed by atoms with E-state index < -0.39 is 11.7 Å². The largest absolute Gasteiger partial charge is 0.416 e. The molecule has 0 amide bonds. The molecule has 1 saturated heterocycles. The Hall–Kier alpha value is -1.60. The molecule has 0 aliphatic carbocycles. The first-order valence-electron chi connectivity index (χ1n) is 7.83. The topological polar surface area (TPSA) is 50.2 Å². The van der Waals surface area contributed by atoms with Gasteiger partial charge < -0.3 is 4.74 Å². The highest BCUT2D eigenvalue weighted by Crippen LogP contribution is 2.44. The quantitative estimate of drug-likeness (QED) is 0.592. The second kappa shape index (κ2) is 7.74. The fourth-order valence-electron chi connectivity index (χ4n) is 2.75. The summed E-state index contributed by atoms with van der Waals surface area (Å²) in [6.07, 6.45) is -1.37. The van der Waals surface area contributed by atoms with Crippen LogP contribution in [0.5, 0.6) is 0 Å². The van der Waals surface area contributed by atoms with Crippen LogP contribution in [-0.2, 0) is 15.7 Å². The van der Waals surface area contributed by atoms with E-state index in [4.69, 9.17) is 10.1 Å². The van der Waals surface area contributed by atoms with Crippen molar-refractivity contribution in [1.82, 2.24) is 0 Å². The van der Waals surface area contributed by atoms with Crippen molar-refractivity contribution in [1.29, 1.82) is 5.41 Å². The van der Waals surface area contributed by atoms with Crippen LogP contribution >= 0.6 is 11.8 Å². The number of carbonyl (C=O) groups excluding carboxylic acids is 1. The average Bonchev–Trinajstić information content (AvgIpc) is 2.53. The second-order valence-electron chi connectivity index (χ2n) is 6.35. The number of rotatable bonds is 5. The van der Waals surface area contributed by atoms with Gasteiger partial charge in [0.05, 0.1) is 17.4 Å². The van der Waals surface area contributed by atoms with Gasteiger partial charge in [0.2, 0.25) is 0 Å². The number of nitrogens with one attached hydrogen (secondary N) is 1. The molecular formula is C18H20F3NO2S. The molecule has 1 aliphatic heterocycles. The van der Waals surface area contributed by atoms with Crippen LogP contribution in [0.15, 0.2) is 40.8 Å². The molecule has 1 aliphatic rings. The molecule has 0 saturated carbocycles. The third kappa shape index (κ3) is 5.44. The summed E-state index contributed by atoms with van der Waals surface area (Å²) in [5.74, 6) is 0. The Bertz CT molecular complexity index is 687. The zero-order valence-corrected chi connectivity index (χ0v) is 14.8. The van der Waals surface area contributed by atoms with Crippen LogP contribution in [0, 0.1) is 5.41 Å². The normalized spacial score (nSPS) is 24.8. The smallest absolute Gasteiger partial charge is 0.374 e. The number of hydrogen-bond donors (Lipinski definition) is 1. The second-order valence-corrected chi connectivity index (χ2v) is 8.01. The Kier molecular flexibility index (Phi) is 6.11. The fourth-order valence-corrected chi connectivity index (χ4v) is 4.07. The molecule has 2 unspecified atom stereocenters. The Morgan fingerprint density at radius 1 is 1.44 bits per heavy atom. The first kappa shape index (κ1) is 19.7. The Morgan fingerprint density at radius 3 is 2.80 bits per heavy atom. The molecule has 2 atom stereocenters. The Balaban J connectivity index is 2.15. The van der Waals surface area contributed by atoms with Gasteiger partial charge in [0.1, 0.15) is 0 Å². The van der Waals surface area contributed by atoms with Crippen molar-refractivity contribution in [2.24, 2.45) is 0 Å². The highest BCUT2D eigenvalue weighted by Gasteiger charge is 2.36. The predicted molar refractivity (Wildman–Crippen MR) is 92.2 cm³/mol. The number of benzene rings is 1. The summed E-state index contributed by atoms with van der Waals surface area (Å²) >= 11 is 1.41. The number of thioether (sulfide) groups is 1. The van der Waals surface area contributed by atoms with Crippen molar-refractivity contribution < 1.29 is 22.7 Å². The van der Waals surface area contributed by atoms with Crippen molar-refractivity contribution in [3.05, 3.63) is 41.5 Å². The van der Waals surface area contributed by atoms with Gasteiger partial charge in [-0.05, 0) is 56.5 Å². The average molecular weight is 371 g/mol. The lowest BCUT2D eigenvalue weighted by molar-refractivity contribution is -0.137.